The molecule has 0 fully saturated rings. The highest BCUT2D eigenvalue weighted by Gasteiger charge is 2.23. The van der Waals surface area contributed by atoms with Gasteiger partial charge in [0.2, 0.25) is 0 Å². The Labute approximate surface area is 74.9 Å². The molecule has 12 heavy (non-hydrogen) atoms. The predicted molar refractivity (Wildman–Crippen MR) is 50.6 cm³/mol. The number of nitrogens with zero attached hydrogens (tertiary/aromatic N) is 1. The molecule has 0 atom stereocenters. The molecule has 71 valence electrons. The number of carbonyl (C=O) groups is 1. The molecule has 2 N–H and O–H groups in total. The van der Waals surface area contributed by atoms with Crippen molar-refractivity contribution in [3.63, 3.8) is 0 Å². The minimum atomic E-state index is -0.351. The largest absolute Gasteiger partial charge is 0.351 e. The van der Waals surface area contributed by atoms with Crippen molar-refractivity contribution in [2.24, 2.45) is 5.73 Å². The van der Waals surface area contributed by atoms with Gasteiger partial charge in [-0.1, -0.05) is 13.3 Å². The Morgan fingerprint density at radius 2 is 2.00 bits per heavy atom. The number of hydrogen-bond acceptors (Lipinski definition) is 1. The normalized spacial score (nSPS) is 11.3. The van der Waals surface area contributed by atoms with E-state index < -0.39 is 0 Å². The quantitative estimate of drug-likeness (QED) is 0.691. The average Bonchev–Trinajstić information content (AvgIpc) is 1.84. The molecule has 3 heteroatoms. The Morgan fingerprint density at radius 3 is 2.25 bits per heavy atom. The van der Waals surface area contributed by atoms with Crippen LogP contribution in [0, 0.1) is 6.92 Å². The number of hydrogen-bond donors (Lipinski definition) is 1. The van der Waals surface area contributed by atoms with Gasteiger partial charge in [-0.25, -0.2) is 4.79 Å². The highest BCUT2D eigenvalue weighted by molar-refractivity contribution is 5.72. The molecule has 3 nitrogen and oxygen atoms in total. The second-order valence-electron chi connectivity index (χ2n) is 3.87. The van der Waals surface area contributed by atoms with Crippen LogP contribution in [0.3, 0.4) is 0 Å². The summed E-state index contributed by atoms with van der Waals surface area (Å²) in [4.78, 5) is 12.6. The smallest absolute Gasteiger partial charge is 0.315 e. The van der Waals surface area contributed by atoms with Gasteiger partial charge in [-0.05, 0) is 27.2 Å². The summed E-state index contributed by atoms with van der Waals surface area (Å²) in [5.74, 6) is 0. The van der Waals surface area contributed by atoms with Crippen LogP contribution in [0.5, 0.6) is 0 Å². The molecular weight excluding hydrogens is 152 g/mol. The van der Waals surface area contributed by atoms with Crippen molar-refractivity contribution < 1.29 is 4.79 Å². The van der Waals surface area contributed by atoms with Crippen LogP contribution in [-0.2, 0) is 0 Å². The molecule has 0 aliphatic heterocycles. The molecule has 1 radical (unpaired) electrons. The number of urea groups is 1. The van der Waals surface area contributed by atoms with E-state index in [2.05, 4.69) is 6.92 Å². The lowest BCUT2D eigenvalue weighted by molar-refractivity contribution is 0.152. The van der Waals surface area contributed by atoms with Gasteiger partial charge in [-0.15, -0.1) is 0 Å². The number of unbranched alkanes of at least 4 members (excludes halogenated alkanes) is 1. The van der Waals surface area contributed by atoms with E-state index in [-0.39, 0.29) is 11.6 Å². The molecule has 0 aliphatic carbocycles. The van der Waals surface area contributed by atoms with Crippen molar-refractivity contribution in [2.75, 3.05) is 6.54 Å². The van der Waals surface area contributed by atoms with Crippen LogP contribution in [0.1, 0.15) is 33.6 Å². The predicted octanol–water partition coefficient (Wildman–Crippen LogP) is 1.78. The third-order valence-electron chi connectivity index (χ3n) is 1.71. The van der Waals surface area contributed by atoms with Crippen LogP contribution in [0.2, 0.25) is 0 Å². The minimum Gasteiger partial charge on any atom is -0.351 e. The van der Waals surface area contributed by atoms with Gasteiger partial charge in [0.1, 0.15) is 0 Å². The molecule has 0 rings (SSSR count). The fourth-order valence-electron chi connectivity index (χ4n) is 1.05. The summed E-state index contributed by atoms with van der Waals surface area (Å²) in [5.41, 5.74) is 5.05. The number of primary amides is 1. The number of rotatable bonds is 3. The van der Waals surface area contributed by atoms with Gasteiger partial charge in [0.05, 0.1) is 0 Å². The Kier molecular flexibility index (Phi) is 4.07. The van der Waals surface area contributed by atoms with E-state index in [9.17, 15) is 4.79 Å². The van der Waals surface area contributed by atoms with Crippen molar-refractivity contribution in [1.82, 2.24) is 4.90 Å². The van der Waals surface area contributed by atoms with Gasteiger partial charge < -0.3 is 10.6 Å². The number of carbonyl (C=O) groups excluding carboxylic acids is 1. The number of amides is 2. The lowest BCUT2D eigenvalue weighted by Crippen LogP contribution is -2.48. The van der Waals surface area contributed by atoms with E-state index >= 15 is 0 Å². The topological polar surface area (TPSA) is 46.3 Å². The van der Waals surface area contributed by atoms with Crippen LogP contribution >= 0.6 is 0 Å². The van der Waals surface area contributed by atoms with E-state index in [1.54, 1.807) is 4.90 Å². The highest BCUT2D eigenvalue weighted by Crippen LogP contribution is 2.13. The molecule has 0 unspecified atom stereocenters. The second-order valence-corrected chi connectivity index (χ2v) is 3.87. The summed E-state index contributed by atoms with van der Waals surface area (Å²) >= 11 is 0. The summed E-state index contributed by atoms with van der Waals surface area (Å²) in [6.07, 6.45) is 1.74. The first-order valence-corrected chi connectivity index (χ1v) is 4.26. The zero-order chi connectivity index (χ0) is 9.78. The number of nitrogens with two attached hydrogens (primary N) is 1. The lowest BCUT2D eigenvalue weighted by Gasteiger charge is -2.34. The third-order valence-corrected chi connectivity index (χ3v) is 1.71. The summed E-state index contributed by atoms with van der Waals surface area (Å²) in [6, 6.07) is -0.351. The van der Waals surface area contributed by atoms with Gasteiger partial charge in [0.15, 0.2) is 0 Å². The van der Waals surface area contributed by atoms with E-state index in [0.29, 0.717) is 6.54 Å². The van der Waals surface area contributed by atoms with E-state index in [1.807, 2.05) is 20.8 Å². The van der Waals surface area contributed by atoms with Crippen molar-refractivity contribution >= 4 is 6.03 Å². The maximum absolute atomic E-state index is 11.0. The van der Waals surface area contributed by atoms with Crippen molar-refractivity contribution in [3.05, 3.63) is 6.92 Å². The summed E-state index contributed by atoms with van der Waals surface area (Å²) in [6.45, 7) is 10.3. The van der Waals surface area contributed by atoms with Gasteiger partial charge >= 0.3 is 6.03 Å². The summed E-state index contributed by atoms with van der Waals surface area (Å²) in [5, 5.41) is 0. The summed E-state index contributed by atoms with van der Waals surface area (Å²) < 4.78 is 0. The Hall–Kier alpha value is -0.730. The molecule has 0 aromatic carbocycles. The molecule has 0 saturated carbocycles. The first kappa shape index (κ1) is 11.3. The van der Waals surface area contributed by atoms with Gasteiger partial charge in [-0.2, -0.15) is 0 Å². The van der Waals surface area contributed by atoms with Crippen LogP contribution in [0.25, 0.3) is 0 Å². The standard InChI is InChI=1S/C9H19N2O/c1-5-6-7-11(8(10)12)9(2,3)4/h1,5-7H2,2-4H3,(H2,10,12). The van der Waals surface area contributed by atoms with Gasteiger partial charge in [-0.3, -0.25) is 0 Å². The fraction of sp³-hybridized carbons (Fsp3) is 0.778. The van der Waals surface area contributed by atoms with Crippen LogP contribution in [0.15, 0.2) is 0 Å². The lowest BCUT2D eigenvalue weighted by atomic mass is 10.1. The van der Waals surface area contributed by atoms with Crippen molar-refractivity contribution in [1.29, 1.82) is 0 Å². The zero-order valence-electron chi connectivity index (χ0n) is 8.26. The molecule has 0 aromatic rings. The molecule has 0 saturated heterocycles. The molecule has 0 aromatic heterocycles. The third kappa shape index (κ3) is 3.60. The van der Waals surface area contributed by atoms with E-state index in [0.717, 1.165) is 12.8 Å². The van der Waals surface area contributed by atoms with Crippen LogP contribution < -0.4 is 5.73 Å². The molecule has 2 amide bonds. The van der Waals surface area contributed by atoms with Crippen molar-refractivity contribution in [2.45, 2.75) is 39.2 Å². The van der Waals surface area contributed by atoms with Gasteiger partial charge in [0.25, 0.3) is 0 Å². The van der Waals surface area contributed by atoms with E-state index in [4.69, 9.17) is 5.73 Å². The maximum Gasteiger partial charge on any atom is 0.315 e. The Balaban J connectivity index is 4.15. The first-order valence-electron chi connectivity index (χ1n) is 4.26. The van der Waals surface area contributed by atoms with E-state index in [1.165, 1.54) is 0 Å². The molecular formula is C9H19N2O. The highest BCUT2D eigenvalue weighted by atomic mass is 16.2. The van der Waals surface area contributed by atoms with Crippen LogP contribution in [-0.4, -0.2) is 23.0 Å². The Morgan fingerprint density at radius 1 is 1.50 bits per heavy atom. The fourth-order valence-corrected chi connectivity index (χ4v) is 1.05. The molecule has 0 spiro atoms. The first-order chi connectivity index (χ1) is 5.39. The monoisotopic (exact) mass is 171 g/mol. The van der Waals surface area contributed by atoms with Crippen LogP contribution in [0.4, 0.5) is 4.79 Å². The Bertz CT molecular complexity index is 149. The zero-order valence-corrected chi connectivity index (χ0v) is 8.26. The molecule has 0 heterocycles. The van der Waals surface area contributed by atoms with Crippen molar-refractivity contribution in [3.8, 4) is 0 Å². The molecule has 0 aliphatic rings. The SMILES string of the molecule is [CH2]CCCN(C(N)=O)C(C)(C)C. The average molecular weight is 171 g/mol. The minimum absolute atomic E-state index is 0.180. The summed E-state index contributed by atoms with van der Waals surface area (Å²) in [7, 11) is 0. The maximum atomic E-state index is 11.0. The van der Waals surface area contributed by atoms with Gasteiger partial charge in [0, 0.05) is 12.1 Å². The second kappa shape index (κ2) is 4.33. The molecule has 0 bridgehead atoms.